The van der Waals surface area contributed by atoms with E-state index < -0.39 is 11.7 Å². The zero-order chi connectivity index (χ0) is 22.0. The quantitative estimate of drug-likeness (QED) is 0.740. The summed E-state index contributed by atoms with van der Waals surface area (Å²) in [5, 5.41) is 0. The molecular weight excluding hydrogens is 407 g/mol. The van der Waals surface area contributed by atoms with Crippen molar-refractivity contribution in [2.75, 3.05) is 37.6 Å². The van der Waals surface area contributed by atoms with Crippen LogP contribution in [0.5, 0.6) is 0 Å². The largest absolute Gasteiger partial charge is 0.416 e. The zero-order valence-electron chi connectivity index (χ0n) is 17.1. The minimum atomic E-state index is -4.33. The van der Waals surface area contributed by atoms with Crippen LogP contribution in [0.4, 0.5) is 18.9 Å². The molecule has 0 bridgehead atoms. The maximum Gasteiger partial charge on any atom is 0.416 e. The van der Waals surface area contributed by atoms with Gasteiger partial charge in [0.2, 0.25) is 5.91 Å². The normalized spacial score (nSPS) is 18.0. The first kappa shape index (κ1) is 21.4. The third-order valence-electron chi connectivity index (χ3n) is 5.83. The number of anilines is 1. The maximum atomic E-state index is 12.9. The Morgan fingerprint density at radius 3 is 2.26 bits per heavy atom. The molecule has 0 spiro atoms. The highest BCUT2D eigenvalue weighted by atomic mass is 19.4. The summed E-state index contributed by atoms with van der Waals surface area (Å²) >= 11 is 0. The van der Waals surface area contributed by atoms with Gasteiger partial charge in [-0.05, 0) is 42.3 Å². The minimum absolute atomic E-state index is 0.0670. The number of hydrogen-bond acceptors (Lipinski definition) is 3. The maximum absolute atomic E-state index is 12.9. The average molecular weight is 431 g/mol. The van der Waals surface area contributed by atoms with Gasteiger partial charge in [0.15, 0.2) is 0 Å². The van der Waals surface area contributed by atoms with E-state index >= 15 is 0 Å². The van der Waals surface area contributed by atoms with Crippen molar-refractivity contribution in [2.45, 2.75) is 25.6 Å². The van der Waals surface area contributed by atoms with Gasteiger partial charge in [-0.3, -0.25) is 14.5 Å². The van der Waals surface area contributed by atoms with Crippen LogP contribution in [0.3, 0.4) is 0 Å². The van der Waals surface area contributed by atoms with Crippen LogP contribution in [0, 0.1) is 0 Å². The van der Waals surface area contributed by atoms with E-state index in [1.54, 1.807) is 28.0 Å². The van der Waals surface area contributed by atoms with Gasteiger partial charge in [0.1, 0.15) is 0 Å². The smallest absolute Gasteiger partial charge is 0.336 e. The standard InChI is InChI=1S/C23H24F3N3O2/c24-23(25,26)19-8-6-17(7-9-19)16-27-11-13-28(14-12-27)22(31)18-3-1-4-20(15-18)29-10-2-5-21(29)30/h1,3-4,6-9,15H,2,5,10-14,16H2. The van der Waals surface area contributed by atoms with Gasteiger partial charge >= 0.3 is 6.18 Å². The highest BCUT2D eigenvalue weighted by Crippen LogP contribution is 2.29. The SMILES string of the molecule is O=C(c1cccc(N2CCCC2=O)c1)N1CCN(Cc2ccc(C(F)(F)F)cc2)CC1. The molecule has 4 rings (SSSR count). The van der Waals surface area contributed by atoms with Crippen molar-refractivity contribution in [1.82, 2.24) is 9.80 Å². The second-order valence-electron chi connectivity index (χ2n) is 7.96. The summed E-state index contributed by atoms with van der Waals surface area (Å²) in [5.41, 5.74) is 1.49. The summed E-state index contributed by atoms with van der Waals surface area (Å²) in [7, 11) is 0. The van der Waals surface area contributed by atoms with Crippen LogP contribution in [-0.4, -0.2) is 54.3 Å². The summed E-state index contributed by atoms with van der Waals surface area (Å²) in [5.74, 6) is 0.0177. The second-order valence-corrected chi connectivity index (χ2v) is 7.96. The predicted octanol–water partition coefficient (Wildman–Crippen LogP) is 3.79. The molecule has 0 N–H and O–H groups in total. The molecule has 8 heteroatoms. The van der Waals surface area contributed by atoms with E-state index in [4.69, 9.17) is 0 Å². The van der Waals surface area contributed by atoms with Gasteiger partial charge in [-0.1, -0.05) is 18.2 Å². The van der Waals surface area contributed by atoms with Gasteiger partial charge in [0, 0.05) is 56.9 Å². The number of rotatable bonds is 4. The summed E-state index contributed by atoms with van der Waals surface area (Å²) in [6.07, 6.45) is -2.96. The number of halogens is 3. The lowest BCUT2D eigenvalue weighted by atomic mass is 10.1. The molecule has 2 aromatic carbocycles. The first-order valence-electron chi connectivity index (χ1n) is 10.4. The molecule has 31 heavy (non-hydrogen) atoms. The lowest BCUT2D eigenvalue weighted by molar-refractivity contribution is -0.137. The number of nitrogens with zero attached hydrogens (tertiary/aromatic N) is 3. The summed E-state index contributed by atoms with van der Waals surface area (Å²) in [6.45, 7) is 3.62. The van der Waals surface area contributed by atoms with Crippen LogP contribution < -0.4 is 4.90 Å². The van der Waals surface area contributed by atoms with Gasteiger partial charge in [-0.25, -0.2) is 0 Å². The number of piperazine rings is 1. The topological polar surface area (TPSA) is 43.9 Å². The van der Waals surface area contributed by atoms with Crippen molar-refractivity contribution in [3.63, 3.8) is 0 Å². The lowest BCUT2D eigenvalue weighted by Crippen LogP contribution is -2.48. The van der Waals surface area contributed by atoms with Gasteiger partial charge < -0.3 is 9.80 Å². The molecule has 0 saturated carbocycles. The van der Waals surface area contributed by atoms with Crippen LogP contribution in [0.2, 0.25) is 0 Å². The molecule has 2 aliphatic heterocycles. The molecule has 2 aromatic rings. The number of hydrogen-bond donors (Lipinski definition) is 0. The molecule has 0 unspecified atom stereocenters. The minimum Gasteiger partial charge on any atom is -0.336 e. The predicted molar refractivity (Wildman–Crippen MR) is 111 cm³/mol. The molecule has 2 saturated heterocycles. The number of carbonyl (C=O) groups excluding carboxylic acids is 2. The third kappa shape index (κ3) is 4.90. The Kier molecular flexibility index (Phi) is 6.00. The fraction of sp³-hybridized carbons (Fsp3) is 0.391. The number of carbonyl (C=O) groups is 2. The molecule has 0 aromatic heterocycles. The molecule has 2 aliphatic rings. The Bertz CT molecular complexity index is 951. The Labute approximate surface area is 179 Å². The summed E-state index contributed by atoms with van der Waals surface area (Å²) in [4.78, 5) is 30.6. The monoisotopic (exact) mass is 431 g/mol. The van der Waals surface area contributed by atoms with E-state index in [1.807, 2.05) is 6.07 Å². The van der Waals surface area contributed by atoms with Crippen LogP contribution >= 0.6 is 0 Å². The van der Waals surface area contributed by atoms with Crippen LogP contribution in [0.15, 0.2) is 48.5 Å². The summed E-state index contributed by atoms with van der Waals surface area (Å²) < 4.78 is 38.1. The first-order valence-corrected chi connectivity index (χ1v) is 10.4. The Morgan fingerprint density at radius 1 is 0.935 bits per heavy atom. The van der Waals surface area contributed by atoms with Crippen molar-refractivity contribution in [2.24, 2.45) is 0 Å². The zero-order valence-corrected chi connectivity index (χ0v) is 17.1. The van der Waals surface area contributed by atoms with Gasteiger partial charge in [-0.15, -0.1) is 0 Å². The molecular formula is C23H24F3N3O2. The number of amides is 2. The van der Waals surface area contributed by atoms with Crippen molar-refractivity contribution >= 4 is 17.5 Å². The van der Waals surface area contributed by atoms with E-state index in [0.29, 0.717) is 51.3 Å². The van der Waals surface area contributed by atoms with Crippen LogP contribution in [0.1, 0.15) is 34.3 Å². The van der Waals surface area contributed by atoms with Crippen LogP contribution in [0.25, 0.3) is 0 Å². The molecule has 0 aliphatic carbocycles. The summed E-state index contributed by atoms with van der Waals surface area (Å²) in [6, 6.07) is 12.4. The van der Waals surface area contributed by atoms with Gasteiger partial charge in [-0.2, -0.15) is 13.2 Å². The third-order valence-corrected chi connectivity index (χ3v) is 5.83. The average Bonchev–Trinajstić information content (AvgIpc) is 3.19. The molecule has 0 radical (unpaired) electrons. The Balaban J connectivity index is 1.33. The van der Waals surface area contributed by atoms with E-state index in [2.05, 4.69) is 4.90 Å². The van der Waals surface area contributed by atoms with Gasteiger partial charge in [0.05, 0.1) is 5.56 Å². The highest BCUT2D eigenvalue weighted by Gasteiger charge is 2.30. The van der Waals surface area contributed by atoms with E-state index in [9.17, 15) is 22.8 Å². The molecule has 164 valence electrons. The van der Waals surface area contributed by atoms with Gasteiger partial charge in [0.25, 0.3) is 5.91 Å². The van der Waals surface area contributed by atoms with E-state index in [0.717, 1.165) is 29.8 Å². The lowest BCUT2D eigenvalue weighted by Gasteiger charge is -2.35. The van der Waals surface area contributed by atoms with Crippen molar-refractivity contribution in [3.8, 4) is 0 Å². The van der Waals surface area contributed by atoms with Crippen molar-refractivity contribution < 1.29 is 22.8 Å². The second kappa shape index (κ2) is 8.70. The molecule has 5 nitrogen and oxygen atoms in total. The van der Waals surface area contributed by atoms with E-state index in [-0.39, 0.29) is 11.8 Å². The fourth-order valence-electron chi connectivity index (χ4n) is 4.08. The molecule has 0 atom stereocenters. The molecule has 2 fully saturated rings. The first-order chi connectivity index (χ1) is 14.8. The van der Waals surface area contributed by atoms with E-state index in [1.165, 1.54) is 12.1 Å². The fourth-order valence-corrected chi connectivity index (χ4v) is 4.08. The number of alkyl halides is 3. The highest BCUT2D eigenvalue weighted by molar-refractivity contribution is 5.99. The molecule has 2 heterocycles. The molecule has 2 amide bonds. The van der Waals surface area contributed by atoms with Crippen molar-refractivity contribution in [1.29, 1.82) is 0 Å². The Hall–Kier alpha value is -2.87. The number of benzene rings is 2. The van der Waals surface area contributed by atoms with Crippen LogP contribution in [-0.2, 0) is 17.5 Å². The Morgan fingerprint density at radius 2 is 1.65 bits per heavy atom. The van der Waals surface area contributed by atoms with Crippen molar-refractivity contribution in [3.05, 3.63) is 65.2 Å².